The van der Waals surface area contributed by atoms with Gasteiger partial charge in [-0.05, 0) is 43.7 Å². The Morgan fingerprint density at radius 3 is 2.77 bits per heavy atom. The second-order valence-corrected chi connectivity index (χ2v) is 7.95. The number of aromatic nitrogens is 6. The lowest BCUT2D eigenvalue weighted by Crippen LogP contribution is -2.41. The van der Waals surface area contributed by atoms with E-state index in [0.717, 1.165) is 56.3 Å². The van der Waals surface area contributed by atoms with Crippen molar-refractivity contribution in [1.29, 1.82) is 0 Å². The molecule has 0 spiro atoms. The first-order chi connectivity index (χ1) is 14.8. The van der Waals surface area contributed by atoms with Crippen LogP contribution < -0.4 is 15.1 Å². The van der Waals surface area contributed by atoms with Crippen LogP contribution >= 0.6 is 0 Å². The summed E-state index contributed by atoms with van der Waals surface area (Å²) in [5.41, 5.74) is 1.12. The molecule has 3 aromatic heterocycles. The van der Waals surface area contributed by atoms with Gasteiger partial charge in [-0.15, -0.1) is 20.4 Å². The fourth-order valence-corrected chi connectivity index (χ4v) is 4.28. The van der Waals surface area contributed by atoms with Gasteiger partial charge in [0.1, 0.15) is 6.33 Å². The summed E-state index contributed by atoms with van der Waals surface area (Å²) in [6, 6.07) is 3.65. The zero-order valence-electron chi connectivity index (χ0n) is 16.8. The monoisotopic (exact) mass is 407 g/mol. The van der Waals surface area contributed by atoms with Gasteiger partial charge in [0.05, 0.1) is 0 Å². The standard InChI is InChI=1S/C20H25N9O/c30-20(16-5-6-17(25-24-16)27-8-1-2-9-27)22-12-15-4-3-10-28(13-15)18-19-26-23-14-29(19)11-7-21-18/h5-7,11,14-15H,1-4,8-10,12-13H2,(H,22,30)/t15-/m1/s1. The molecule has 5 heterocycles. The molecule has 2 aliphatic heterocycles. The zero-order valence-corrected chi connectivity index (χ0v) is 16.8. The van der Waals surface area contributed by atoms with Gasteiger partial charge in [-0.3, -0.25) is 9.20 Å². The van der Waals surface area contributed by atoms with Crippen molar-refractivity contribution in [2.75, 3.05) is 42.5 Å². The van der Waals surface area contributed by atoms with Crippen LogP contribution in [0.3, 0.4) is 0 Å². The van der Waals surface area contributed by atoms with E-state index in [0.29, 0.717) is 18.2 Å². The number of nitrogens with zero attached hydrogens (tertiary/aromatic N) is 8. The van der Waals surface area contributed by atoms with Gasteiger partial charge in [0.15, 0.2) is 17.3 Å². The fraction of sp³-hybridized carbons (Fsp3) is 0.500. The number of rotatable bonds is 5. The van der Waals surface area contributed by atoms with Crippen molar-refractivity contribution in [1.82, 2.24) is 35.1 Å². The third kappa shape index (κ3) is 3.77. The van der Waals surface area contributed by atoms with Crippen LogP contribution in [0.2, 0.25) is 0 Å². The van der Waals surface area contributed by atoms with Crippen molar-refractivity contribution in [3.63, 3.8) is 0 Å². The van der Waals surface area contributed by atoms with E-state index in [1.807, 2.05) is 16.7 Å². The van der Waals surface area contributed by atoms with Gasteiger partial charge in [0, 0.05) is 45.1 Å². The van der Waals surface area contributed by atoms with Gasteiger partial charge in [-0.1, -0.05) is 0 Å². The van der Waals surface area contributed by atoms with Crippen LogP contribution in [0.4, 0.5) is 11.6 Å². The highest BCUT2D eigenvalue weighted by Crippen LogP contribution is 2.24. The lowest BCUT2D eigenvalue weighted by atomic mass is 9.98. The van der Waals surface area contributed by atoms with Crippen LogP contribution in [0.5, 0.6) is 0 Å². The number of hydrogen-bond donors (Lipinski definition) is 1. The molecule has 0 bridgehead atoms. The molecule has 0 saturated carbocycles. The Morgan fingerprint density at radius 2 is 1.93 bits per heavy atom. The van der Waals surface area contributed by atoms with Crippen molar-refractivity contribution in [3.05, 3.63) is 36.5 Å². The number of carbonyl (C=O) groups excluding carboxylic acids is 1. The van der Waals surface area contributed by atoms with Gasteiger partial charge in [-0.25, -0.2) is 4.98 Å². The highest BCUT2D eigenvalue weighted by molar-refractivity contribution is 5.92. The number of fused-ring (bicyclic) bond motifs is 1. The first-order valence-electron chi connectivity index (χ1n) is 10.5. The molecule has 10 nitrogen and oxygen atoms in total. The normalized spacial score (nSPS) is 19.4. The lowest BCUT2D eigenvalue weighted by Gasteiger charge is -2.33. The molecule has 156 valence electrons. The molecule has 2 fully saturated rings. The van der Waals surface area contributed by atoms with E-state index in [1.54, 1.807) is 18.6 Å². The molecule has 1 atom stereocenters. The lowest BCUT2D eigenvalue weighted by molar-refractivity contribution is 0.0939. The number of anilines is 2. The van der Waals surface area contributed by atoms with E-state index >= 15 is 0 Å². The topological polar surface area (TPSA) is 104 Å². The molecule has 30 heavy (non-hydrogen) atoms. The van der Waals surface area contributed by atoms with E-state index in [2.05, 4.69) is 40.5 Å². The Hall–Kier alpha value is -3.30. The minimum atomic E-state index is -0.176. The quantitative estimate of drug-likeness (QED) is 0.672. The molecular formula is C20H25N9O. The van der Waals surface area contributed by atoms with Crippen molar-refractivity contribution in [2.24, 2.45) is 5.92 Å². The molecule has 0 unspecified atom stereocenters. The summed E-state index contributed by atoms with van der Waals surface area (Å²) in [6.07, 6.45) is 9.76. The third-order valence-electron chi connectivity index (χ3n) is 5.88. The van der Waals surface area contributed by atoms with Gasteiger partial charge in [0.2, 0.25) is 5.65 Å². The van der Waals surface area contributed by atoms with Crippen LogP contribution in [0, 0.1) is 5.92 Å². The second-order valence-electron chi connectivity index (χ2n) is 7.95. The van der Waals surface area contributed by atoms with Crippen LogP contribution in [0.25, 0.3) is 5.65 Å². The van der Waals surface area contributed by atoms with Crippen molar-refractivity contribution >= 4 is 23.2 Å². The smallest absolute Gasteiger partial charge is 0.271 e. The van der Waals surface area contributed by atoms with Gasteiger partial charge in [-0.2, -0.15) is 0 Å². The summed E-state index contributed by atoms with van der Waals surface area (Å²) in [7, 11) is 0. The summed E-state index contributed by atoms with van der Waals surface area (Å²) in [4.78, 5) is 21.5. The molecule has 1 N–H and O–H groups in total. The third-order valence-corrected chi connectivity index (χ3v) is 5.88. The number of nitrogens with one attached hydrogen (secondary N) is 1. The summed E-state index contributed by atoms with van der Waals surface area (Å²) in [6.45, 7) is 4.36. The van der Waals surface area contributed by atoms with Crippen LogP contribution in [0.1, 0.15) is 36.2 Å². The summed E-state index contributed by atoms with van der Waals surface area (Å²) in [5.74, 6) is 1.85. The first-order valence-corrected chi connectivity index (χ1v) is 10.5. The Morgan fingerprint density at radius 1 is 1.07 bits per heavy atom. The molecular weight excluding hydrogens is 382 g/mol. The SMILES string of the molecule is O=C(NC[C@H]1CCCN(c2nccn3cnnc23)C1)c1ccc(N2CCCC2)nn1. The van der Waals surface area contributed by atoms with E-state index in [4.69, 9.17) is 0 Å². The van der Waals surface area contributed by atoms with Gasteiger partial charge < -0.3 is 15.1 Å². The maximum absolute atomic E-state index is 12.5. The highest BCUT2D eigenvalue weighted by atomic mass is 16.1. The number of piperidine rings is 1. The molecule has 3 aromatic rings. The zero-order chi connectivity index (χ0) is 20.3. The summed E-state index contributed by atoms with van der Waals surface area (Å²) < 4.78 is 1.87. The molecule has 5 rings (SSSR count). The number of carbonyl (C=O) groups is 1. The van der Waals surface area contributed by atoms with Gasteiger partial charge >= 0.3 is 0 Å². The highest BCUT2D eigenvalue weighted by Gasteiger charge is 2.24. The molecule has 0 aliphatic carbocycles. The average molecular weight is 407 g/mol. The Bertz CT molecular complexity index is 1010. The van der Waals surface area contributed by atoms with Gasteiger partial charge in [0.25, 0.3) is 5.91 Å². The van der Waals surface area contributed by atoms with E-state index in [1.165, 1.54) is 12.8 Å². The molecule has 0 aromatic carbocycles. The molecule has 10 heteroatoms. The van der Waals surface area contributed by atoms with Crippen molar-refractivity contribution < 1.29 is 4.79 Å². The summed E-state index contributed by atoms with van der Waals surface area (Å²) >= 11 is 0. The minimum absolute atomic E-state index is 0.176. The largest absolute Gasteiger partial charge is 0.355 e. The van der Waals surface area contributed by atoms with E-state index < -0.39 is 0 Å². The first kappa shape index (κ1) is 18.7. The van der Waals surface area contributed by atoms with E-state index in [9.17, 15) is 4.79 Å². The molecule has 2 saturated heterocycles. The number of hydrogen-bond acceptors (Lipinski definition) is 8. The Balaban J connectivity index is 1.19. The molecule has 2 aliphatic rings. The predicted molar refractivity (Wildman–Crippen MR) is 112 cm³/mol. The minimum Gasteiger partial charge on any atom is -0.355 e. The second kappa shape index (κ2) is 8.21. The Kier molecular flexibility index (Phi) is 5.12. The molecule has 0 radical (unpaired) electrons. The van der Waals surface area contributed by atoms with Crippen LogP contribution in [0.15, 0.2) is 30.9 Å². The maximum Gasteiger partial charge on any atom is 0.271 e. The van der Waals surface area contributed by atoms with Crippen LogP contribution in [-0.2, 0) is 0 Å². The Labute approximate surface area is 174 Å². The van der Waals surface area contributed by atoms with Crippen LogP contribution in [-0.4, -0.2) is 68.4 Å². The van der Waals surface area contributed by atoms with Crippen molar-refractivity contribution in [2.45, 2.75) is 25.7 Å². The average Bonchev–Trinajstić information content (AvgIpc) is 3.50. The predicted octanol–water partition coefficient (Wildman–Crippen LogP) is 1.16. The van der Waals surface area contributed by atoms with E-state index in [-0.39, 0.29) is 5.91 Å². The summed E-state index contributed by atoms with van der Waals surface area (Å²) in [5, 5.41) is 19.6. The van der Waals surface area contributed by atoms with Crippen molar-refractivity contribution in [3.8, 4) is 0 Å². The molecule has 1 amide bonds. The fourth-order valence-electron chi connectivity index (χ4n) is 4.28. The number of amides is 1. The maximum atomic E-state index is 12.5.